The van der Waals surface area contributed by atoms with Gasteiger partial charge in [-0.3, -0.25) is 0 Å². The summed E-state index contributed by atoms with van der Waals surface area (Å²) < 4.78 is 7.18. The maximum Gasteiger partial charge on any atom is 0.191 e. The second-order valence-electron chi connectivity index (χ2n) is 5.68. The average molecular weight is 374 g/mol. The zero-order chi connectivity index (χ0) is 17.1. The largest absolute Gasteiger partial charge is 0.394 e. The molecule has 0 amide bonds. The number of hydrogen-bond acceptors (Lipinski definition) is 8. The van der Waals surface area contributed by atoms with Gasteiger partial charge in [0.05, 0.1) is 31.5 Å². The summed E-state index contributed by atoms with van der Waals surface area (Å²) in [6.07, 6.45) is 1.16. The van der Waals surface area contributed by atoms with E-state index in [0.29, 0.717) is 29.2 Å². The molecule has 3 atom stereocenters. The predicted octanol–water partition coefficient (Wildman–Crippen LogP) is 1.45. The van der Waals surface area contributed by atoms with Crippen LogP contribution >= 0.6 is 23.4 Å². The molecule has 1 aliphatic carbocycles. The number of aliphatic hydroxyl groups is 2. The third kappa shape index (κ3) is 3.65. The topological polar surface area (TPSA) is 106 Å². The molecule has 0 spiro atoms. The third-order valence-electron chi connectivity index (χ3n) is 3.91. The van der Waals surface area contributed by atoms with Crippen LogP contribution in [0.4, 0.5) is 0 Å². The number of rotatable bonds is 7. The Morgan fingerprint density at radius 3 is 2.96 bits per heavy atom. The molecule has 24 heavy (non-hydrogen) atoms. The van der Waals surface area contributed by atoms with Crippen molar-refractivity contribution in [1.82, 2.24) is 25.0 Å². The highest BCUT2D eigenvalue weighted by atomic mass is 35.5. The van der Waals surface area contributed by atoms with Gasteiger partial charge >= 0.3 is 0 Å². The van der Waals surface area contributed by atoms with E-state index in [1.807, 2.05) is 0 Å². The molecule has 1 saturated carbocycles. The first-order valence-corrected chi connectivity index (χ1v) is 9.32. The SMILES string of the molecule is CCCSc1nc(Cl)c2nnn(C3CC(OCCO)[C@@H](O)C3)c2n1. The maximum absolute atomic E-state index is 10.2. The molecule has 8 nitrogen and oxygen atoms in total. The lowest BCUT2D eigenvalue weighted by molar-refractivity contribution is -0.0303. The van der Waals surface area contributed by atoms with Gasteiger partial charge in [-0.25, -0.2) is 14.6 Å². The summed E-state index contributed by atoms with van der Waals surface area (Å²) in [6, 6.07) is -0.0799. The zero-order valence-electron chi connectivity index (χ0n) is 13.3. The molecular weight excluding hydrogens is 354 g/mol. The average Bonchev–Trinajstić information content (AvgIpc) is 3.14. The molecule has 2 aromatic heterocycles. The molecule has 0 saturated heterocycles. The molecule has 3 rings (SSSR count). The second kappa shape index (κ2) is 7.92. The second-order valence-corrected chi connectivity index (χ2v) is 7.10. The van der Waals surface area contributed by atoms with Crippen LogP contribution in [0.25, 0.3) is 11.2 Å². The third-order valence-corrected chi connectivity index (χ3v) is 5.23. The van der Waals surface area contributed by atoms with Crippen molar-refractivity contribution in [3.63, 3.8) is 0 Å². The Hall–Kier alpha value is -1.00. The Morgan fingerprint density at radius 2 is 2.21 bits per heavy atom. The minimum absolute atomic E-state index is 0.0685. The Kier molecular flexibility index (Phi) is 5.88. The van der Waals surface area contributed by atoms with Crippen molar-refractivity contribution in [1.29, 1.82) is 0 Å². The van der Waals surface area contributed by atoms with E-state index in [1.165, 1.54) is 11.8 Å². The molecular formula is C14H20ClN5O3S. The summed E-state index contributed by atoms with van der Waals surface area (Å²) in [6.45, 7) is 2.23. The number of thioether (sulfide) groups is 1. The molecule has 1 fully saturated rings. The summed E-state index contributed by atoms with van der Waals surface area (Å²) in [5.41, 5.74) is 1.04. The molecule has 0 bridgehead atoms. The first kappa shape index (κ1) is 17.8. The van der Waals surface area contributed by atoms with Crippen LogP contribution in [-0.2, 0) is 4.74 Å². The summed E-state index contributed by atoms with van der Waals surface area (Å²) in [5.74, 6) is 0.905. The van der Waals surface area contributed by atoms with E-state index in [0.717, 1.165) is 12.2 Å². The van der Waals surface area contributed by atoms with Gasteiger partial charge in [-0.15, -0.1) is 5.10 Å². The first-order valence-electron chi connectivity index (χ1n) is 7.95. The Bertz CT molecular complexity index is 700. The number of aromatic nitrogens is 5. The number of nitrogens with zero attached hydrogens (tertiary/aromatic N) is 5. The first-order chi connectivity index (χ1) is 11.6. The van der Waals surface area contributed by atoms with Crippen LogP contribution in [0.1, 0.15) is 32.2 Å². The fraction of sp³-hybridized carbons (Fsp3) is 0.714. The van der Waals surface area contributed by atoms with Crippen LogP contribution < -0.4 is 0 Å². The fourth-order valence-corrected chi connectivity index (χ4v) is 3.76. The number of halogens is 1. The molecule has 2 aromatic rings. The van der Waals surface area contributed by atoms with Crippen molar-refractivity contribution in [2.24, 2.45) is 0 Å². The van der Waals surface area contributed by atoms with Crippen molar-refractivity contribution in [2.45, 2.75) is 49.6 Å². The standard InChI is InChI=1S/C14H20ClN5O3S/c1-2-5-24-14-16-12(15)11-13(17-14)20(19-18-11)8-6-9(22)10(7-8)23-4-3-21/h8-10,21-22H,2-7H2,1H3/t8?,9-,10?/m0/s1. The molecule has 132 valence electrons. The van der Waals surface area contributed by atoms with Crippen LogP contribution in [0.2, 0.25) is 5.15 Å². The van der Waals surface area contributed by atoms with Crippen molar-refractivity contribution in [3.8, 4) is 0 Å². The highest BCUT2D eigenvalue weighted by Crippen LogP contribution is 2.34. The number of aliphatic hydroxyl groups excluding tert-OH is 2. The van der Waals surface area contributed by atoms with Crippen LogP contribution in [0.15, 0.2) is 5.16 Å². The number of fused-ring (bicyclic) bond motifs is 1. The van der Waals surface area contributed by atoms with Gasteiger partial charge in [-0.1, -0.05) is 35.5 Å². The van der Waals surface area contributed by atoms with E-state index < -0.39 is 6.10 Å². The van der Waals surface area contributed by atoms with Crippen LogP contribution in [0.3, 0.4) is 0 Å². The number of ether oxygens (including phenoxy) is 1. The summed E-state index contributed by atoms with van der Waals surface area (Å²) >= 11 is 7.74. The number of hydrogen-bond donors (Lipinski definition) is 2. The van der Waals surface area contributed by atoms with E-state index in [1.54, 1.807) is 4.68 Å². The van der Waals surface area contributed by atoms with Crippen molar-refractivity contribution in [3.05, 3.63) is 5.15 Å². The van der Waals surface area contributed by atoms with Gasteiger partial charge in [0, 0.05) is 5.75 Å². The molecule has 2 heterocycles. The Balaban J connectivity index is 1.85. The lowest BCUT2D eigenvalue weighted by Gasteiger charge is -2.14. The smallest absolute Gasteiger partial charge is 0.191 e. The summed E-state index contributed by atoms with van der Waals surface area (Å²) in [5, 5.41) is 28.2. The normalized spacial score (nSPS) is 24.1. The quantitative estimate of drug-likeness (QED) is 0.426. The van der Waals surface area contributed by atoms with Crippen molar-refractivity contribution in [2.75, 3.05) is 19.0 Å². The Labute approximate surface area is 148 Å². The van der Waals surface area contributed by atoms with Gasteiger partial charge < -0.3 is 14.9 Å². The molecule has 10 heteroatoms. The molecule has 2 unspecified atom stereocenters. The van der Waals surface area contributed by atoms with Crippen LogP contribution in [0, 0.1) is 0 Å². The maximum atomic E-state index is 10.2. The van der Waals surface area contributed by atoms with Gasteiger partial charge in [-0.05, 0) is 19.3 Å². The molecule has 0 radical (unpaired) electrons. The van der Waals surface area contributed by atoms with E-state index >= 15 is 0 Å². The highest BCUT2D eigenvalue weighted by molar-refractivity contribution is 7.99. The lowest BCUT2D eigenvalue weighted by Crippen LogP contribution is -2.23. The van der Waals surface area contributed by atoms with Gasteiger partial charge in [0.25, 0.3) is 0 Å². The summed E-state index contributed by atoms with van der Waals surface area (Å²) in [4.78, 5) is 8.78. The van der Waals surface area contributed by atoms with E-state index in [4.69, 9.17) is 21.4 Å². The van der Waals surface area contributed by atoms with Crippen LogP contribution in [-0.4, -0.2) is 66.3 Å². The highest BCUT2D eigenvalue weighted by Gasteiger charge is 2.36. The molecule has 0 aliphatic heterocycles. The van der Waals surface area contributed by atoms with Gasteiger partial charge in [0.1, 0.15) is 0 Å². The zero-order valence-corrected chi connectivity index (χ0v) is 14.9. The van der Waals surface area contributed by atoms with E-state index in [2.05, 4.69) is 27.2 Å². The van der Waals surface area contributed by atoms with Crippen molar-refractivity contribution < 1.29 is 14.9 Å². The van der Waals surface area contributed by atoms with Gasteiger partial charge in [0.2, 0.25) is 0 Å². The van der Waals surface area contributed by atoms with Crippen LogP contribution in [0.5, 0.6) is 0 Å². The minimum atomic E-state index is -0.605. The minimum Gasteiger partial charge on any atom is -0.394 e. The Morgan fingerprint density at radius 1 is 1.38 bits per heavy atom. The molecule has 0 aromatic carbocycles. The van der Waals surface area contributed by atoms with Crippen molar-refractivity contribution >= 4 is 34.5 Å². The molecule has 2 N–H and O–H groups in total. The fourth-order valence-electron chi connectivity index (χ4n) is 2.82. The van der Waals surface area contributed by atoms with E-state index in [-0.39, 0.29) is 30.5 Å². The van der Waals surface area contributed by atoms with E-state index in [9.17, 15) is 5.11 Å². The van der Waals surface area contributed by atoms with Gasteiger partial charge in [0.15, 0.2) is 21.5 Å². The summed E-state index contributed by atoms with van der Waals surface area (Å²) in [7, 11) is 0. The monoisotopic (exact) mass is 373 g/mol. The molecule has 1 aliphatic rings. The van der Waals surface area contributed by atoms with Gasteiger partial charge in [-0.2, -0.15) is 0 Å². The lowest BCUT2D eigenvalue weighted by atomic mass is 10.2. The predicted molar refractivity (Wildman–Crippen MR) is 90.2 cm³/mol.